The third kappa shape index (κ3) is 3.04. The molecule has 82 valence electrons. The number of carbonyl (C=O) groups is 1. The quantitative estimate of drug-likeness (QED) is 0.672. The van der Waals surface area contributed by atoms with Crippen LogP contribution in [0.4, 0.5) is 0 Å². The van der Waals surface area contributed by atoms with E-state index in [0.717, 1.165) is 0 Å². The van der Waals surface area contributed by atoms with Crippen LogP contribution in [0.1, 0.15) is 13.8 Å². The van der Waals surface area contributed by atoms with Crippen molar-refractivity contribution in [3.05, 3.63) is 35.6 Å². The Hall–Kier alpha value is -1.39. The standard InChI is InChI=1S/C11H14O4/c1-3-4-8-5-9(15-11(8)14)6-10(13)7(2)12/h3-7,10,12-13H,1-2H3/b4-3+,9-6+. The van der Waals surface area contributed by atoms with Gasteiger partial charge in [0.2, 0.25) is 0 Å². The number of ether oxygens (including phenoxy) is 1. The van der Waals surface area contributed by atoms with E-state index in [4.69, 9.17) is 9.84 Å². The molecular formula is C11H14O4. The summed E-state index contributed by atoms with van der Waals surface area (Å²) in [6, 6.07) is 0. The minimum atomic E-state index is -1.03. The monoisotopic (exact) mass is 210 g/mol. The molecule has 4 nitrogen and oxygen atoms in total. The molecule has 0 aromatic rings. The molecule has 0 fully saturated rings. The molecule has 1 aliphatic rings. The lowest BCUT2D eigenvalue weighted by Gasteiger charge is -2.08. The zero-order valence-corrected chi connectivity index (χ0v) is 8.68. The van der Waals surface area contributed by atoms with Crippen LogP contribution in [0, 0.1) is 0 Å². The summed E-state index contributed by atoms with van der Waals surface area (Å²) in [6.07, 6.45) is 4.25. The molecule has 15 heavy (non-hydrogen) atoms. The number of hydrogen-bond acceptors (Lipinski definition) is 4. The number of esters is 1. The SMILES string of the molecule is C/C=C/C1=CC(=C\C(O)C(C)O)/OC1=O. The van der Waals surface area contributed by atoms with Crippen LogP contribution in [-0.4, -0.2) is 28.4 Å². The molecule has 4 heteroatoms. The zero-order chi connectivity index (χ0) is 11.4. The van der Waals surface area contributed by atoms with Gasteiger partial charge < -0.3 is 14.9 Å². The molecule has 2 N–H and O–H groups in total. The van der Waals surface area contributed by atoms with Crippen LogP contribution in [0.3, 0.4) is 0 Å². The topological polar surface area (TPSA) is 66.8 Å². The Morgan fingerprint density at radius 1 is 1.47 bits per heavy atom. The summed E-state index contributed by atoms with van der Waals surface area (Å²) in [6.45, 7) is 3.25. The second kappa shape index (κ2) is 4.91. The van der Waals surface area contributed by atoms with Crippen molar-refractivity contribution in [2.24, 2.45) is 0 Å². The lowest BCUT2D eigenvalue weighted by Crippen LogP contribution is -2.20. The molecule has 0 aromatic carbocycles. The second-order valence-corrected chi connectivity index (χ2v) is 3.29. The maximum Gasteiger partial charge on any atom is 0.343 e. The molecule has 0 amide bonds. The Morgan fingerprint density at radius 3 is 2.67 bits per heavy atom. The van der Waals surface area contributed by atoms with Gasteiger partial charge in [0.15, 0.2) is 0 Å². The maximum absolute atomic E-state index is 11.2. The summed E-state index contributed by atoms with van der Waals surface area (Å²) in [5.41, 5.74) is 0.432. The van der Waals surface area contributed by atoms with Crippen molar-refractivity contribution < 1.29 is 19.7 Å². The summed E-state index contributed by atoms with van der Waals surface area (Å²) in [5, 5.41) is 18.4. The van der Waals surface area contributed by atoms with Crippen LogP contribution >= 0.6 is 0 Å². The highest BCUT2D eigenvalue weighted by Gasteiger charge is 2.20. The van der Waals surface area contributed by atoms with Crippen molar-refractivity contribution >= 4 is 5.97 Å². The fourth-order valence-electron chi connectivity index (χ4n) is 1.09. The van der Waals surface area contributed by atoms with Crippen LogP contribution in [0.15, 0.2) is 35.6 Å². The predicted octanol–water partition coefficient (Wildman–Crippen LogP) is 0.671. The molecule has 1 aliphatic heterocycles. The molecular weight excluding hydrogens is 196 g/mol. The van der Waals surface area contributed by atoms with Crippen molar-refractivity contribution in [3.63, 3.8) is 0 Å². The molecule has 0 bridgehead atoms. The molecule has 1 rings (SSSR count). The number of cyclic esters (lactones) is 1. The van der Waals surface area contributed by atoms with Crippen molar-refractivity contribution in [2.75, 3.05) is 0 Å². The summed E-state index contributed by atoms with van der Waals surface area (Å²) < 4.78 is 4.85. The Morgan fingerprint density at radius 2 is 2.13 bits per heavy atom. The highest BCUT2D eigenvalue weighted by molar-refractivity contribution is 5.95. The van der Waals surface area contributed by atoms with Gasteiger partial charge in [0.1, 0.15) is 11.9 Å². The first-order valence-electron chi connectivity index (χ1n) is 4.69. The van der Waals surface area contributed by atoms with Gasteiger partial charge in [-0.15, -0.1) is 0 Å². The highest BCUT2D eigenvalue weighted by atomic mass is 16.5. The van der Waals surface area contributed by atoms with E-state index in [0.29, 0.717) is 5.57 Å². The largest absolute Gasteiger partial charge is 0.423 e. The normalized spacial score (nSPS) is 23.1. The number of allylic oxidation sites excluding steroid dienone is 2. The first kappa shape index (κ1) is 11.7. The molecule has 0 radical (unpaired) electrons. The van der Waals surface area contributed by atoms with Crippen molar-refractivity contribution in [3.8, 4) is 0 Å². The van der Waals surface area contributed by atoms with E-state index in [9.17, 15) is 9.90 Å². The van der Waals surface area contributed by atoms with Gasteiger partial charge in [-0.2, -0.15) is 0 Å². The van der Waals surface area contributed by atoms with Crippen LogP contribution in [0.5, 0.6) is 0 Å². The average molecular weight is 210 g/mol. The van der Waals surface area contributed by atoms with E-state index in [1.54, 1.807) is 19.1 Å². The Balaban J connectivity index is 2.80. The van der Waals surface area contributed by atoms with Gasteiger partial charge >= 0.3 is 5.97 Å². The van der Waals surface area contributed by atoms with Gasteiger partial charge in [0.05, 0.1) is 11.7 Å². The van der Waals surface area contributed by atoms with Gasteiger partial charge in [0.25, 0.3) is 0 Å². The van der Waals surface area contributed by atoms with E-state index in [-0.39, 0.29) is 5.76 Å². The summed E-state index contributed by atoms with van der Waals surface area (Å²) in [4.78, 5) is 11.2. The van der Waals surface area contributed by atoms with Gasteiger partial charge in [-0.1, -0.05) is 12.2 Å². The van der Waals surface area contributed by atoms with E-state index < -0.39 is 18.2 Å². The summed E-state index contributed by atoms with van der Waals surface area (Å²) >= 11 is 0. The molecule has 0 spiro atoms. The number of hydrogen-bond donors (Lipinski definition) is 2. The fraction of sp³-hybridized carbons (Fsp3) is 0.364. The van der Waals surface area contributed by atoms with Gasteiger partial charge in [-0.25, -0.2) is 4.79 Å². The molecule has 2 unspecified atom stereocenters. The Kier molecular flexibility index (Phi) is 3.82. The van der Waals surface area contributed by atoms with Crippen LogP contribution in [0.25, 0.3) is 0 Å². The number of aliphatic hydroxyl groups excluding tert-OH is 2. The predicted molar refractivity (Wildman–Crippen MR) is 54.8 cm³/mol. The van der Waals surface area contributed by atoms with E-state index in [1.807, 2.05) is 0 Å². The third-order valence-electron chi connectivity index (χ3n) is 1.92. The molecule has 0 saturated carbocycles. The third-order valence-corrected chi connectivity index (χ3v) is 1.92. The first-order chi connectivity index (χ1) is 7.04. The van der Waals surface area contributed by atoms with Crippen LogP contribution < -0.4 is 0 Å². The Labute approximate surface area is 88.2 Å². The zero-order valence-electron chi connectivity index (χ0n) is 8.68. The van der Waals surface area contributed by atoms with E-state index in [2.05, 4.69) is 0 Å². The lowest BCUT2D eigenvalue weighted by atomic mass is 10.2. The average Bonchev–Trinajstić information content (AvgIpc) is 2.47. The second-order valence-electron chi connectivity index (χ2n) is 3.29. The molecule has 2 atom stereocenters. The minimum Gasteiger partial charge on any atom is -0.423 e. The summed E-state index contributed by atoms with van der Waals surface area (Å²) in [7, 11) is 0. The van der Waals surface area contributed by atoms with Crippen molar-refractivity contribution in [1.29, 1.82) is 0 Å². The smallest absolute Gasteiger partial charge is 0.343 e. The van der Waals surface area contributed by atoms with Gasteiger partial charge in [-0.3, -0.25) is 0 Å². The number of carbonyl (C=O) groups excluding carboxylic acids is 1. The fourth-order valence-corrected chi connectivity index (χ4v) is 1.09. The molecule has 0 aromatic heterocycles. The number of rotatable bonds is 3. The van der Waals surface area contributed by atoms with E-state index in [1.165, 1.54) is 19.1 Å². The number of aliphatic hydroxyl groups is 2. The highest BCUT2D eigenvalue weighted by Crippen LogP contribution is 2.18. The van der Waals surface area contributed by atoms with E-state index >= 15 is 0 Å². The van der Waals surface area contributed by atoms with Crippen molar-refractivity contribution in [2.45, 2.75) is 26.1 Å². The molecule has 0 saturated heterocycles. The first-order valence-corrected chi connectivity index (χ1v) is 4.69. The van der Waals surface area contributed by atoms with Gasteiger partial charge in [-0.05, 0) is 26.0 Å². The maximum atomic E-state index is 11.2. The van der Waals surface area contributed by atoms with Crippen LogP contribution in [0.2, 0.25) is 0 Å². The van der Waals surface area contributed by atoms with Crippen molar-refractivity contribution in [1.82, 2.24) is 0 Å². The lowest BCUT2D eigenvalue weighted by molar-refractivity contribution is -0.132. The molecule has 0 aliphatic carbocycles. The molecule has 1 heterocycles. The Bertz CT molecular complexity index is 336. The van der Waals surface area contributed by atoms with Gasteiger partial charge in [0, 0.05) is 0 Å². The van der Waals surface area contributed by atoms with Crippen LogP contribution in [-0.2, 0) is 9.53 Å². The summed E-state index contributed by atoms with van der Waals surface area (Å²) in [5.74, 6) is -0.182. The minimum absolute atomic E-state index is 0.265.